The molecule has 0 radical (unpaired) electrons. The molecule has 4 nitrogen and oxygen atoms in total. The van der Waals surface area contributed by atoms with Gasteiger partial charge in [0.1, 0.15) is 0 Å². The van der Waals surface area contributed by atoms with Gasteiger partial charge >= 0.3 is 0 Å². The Labute approximate surface area is 160 Å². The highest BCUT2D eigenvalue weighted by atomic mass is 32.2. The molecule has 142 valence electrons. The molecular weight excluding hydrogens is 370 g/mol. The third-order valence-corrected chi connectivity index (χ3v) is 5.15. The topological polar surface area (TPSA) is 49.4 Å². The van der Waals surface area contributed by atoms with Crippen LogP contribution in [0.1, 0.15) is 17.5 Å². The van der Waals surface area contributed by atoms with Crippen LogP contribution in [0.5, 0.6) is 0 Å². The molecule has 1 atom stereocenters. The van der Waals surface area contributed by atoms with Crippen molar-refractivity contribution >= 4 is 29.3 Å². The molecule has 1 fully saturated rings. The molecule has 0 spiro atoms. The van der Waals surface area contributed by atoms with E-state index in [1.807, 2.05) is 31.2 Å². The van der Waals surface area contributed by atoms with E-state index in [1.54, 1.807) is 17.0 Å². The normalized spacial score (nSPS) is 16.8. The largest absolute Gasteiger partial charge is 0.338 e. The summed E-state index contributed by atoms with van der Waals surface area (Å²) in [4.78, 5) is 26.8. The molecule has 0 aromatic heterocycles. The molecule has 3 rings (SSSR count). The van der Waals surface area contributed by atoms with Gasteiger partial charge in [0.15, 0.2) is 0 Å². The van der Waals surface area contributed by atoms with E-state index in [0.717, 1.165) is 11.1 Å². The number of nitrogens with zero attached hydrogens (tertiary/aromatic N) is 1. The SMILES string of the molecule is Cc1ccc(CN2C[C@H](C(=O)Nc3ccc(SC(F)F)cc3)CC2=O)cc1. The summed E-state index contributed by atoms with van der Waals surface area (Å²) in [5, 5.41) is 2.76. The maximum atomic E-state index is 12.5. The van der Waals surface area contributed by atoms with E-state index in [2.05, 4.69) is 5.32 Å². The number of benzene rings is 2. The lowest BCUT2D eigenvalue weighted by Gasteiger charge is -2.17. The van der Waals surface area contributed by atoms with Crippen LogP contribution < -0.4 is 5.32 Å². The van der Waals surface area contributed by atoms with Gasteiger partial charge in [0.05, 0.1) is 5.92 Å². The smallest absolute Gasteiger partial charge is 0.288 e. The number of likely N-dealkylation sites (tertiary alicyclic amines) is 1. The molecule has 1 heterocycles. The molecular formula is C20H20F2N2O2S. The van der Waals surface area contributed by atoms with Gasteiger partial charge in [-0.1, -0.05) is 41.6 Å². The summed E-state index contributed by atoms with van der Waals surface area (Å²) in [7, 11) is 0. The monoisotopic (exact) mass is 390 g/mol. The number of hydrogen-bond donors (Lipinski definition) is 1. The van der Waals surface area contributed by atoms with E-state index in [0.29, 0.717) is 35.4 Å². The first-order chi connectivity index (χ1) is 12.9. The van der Waals surface area contributed by atoms with Crippen molar-refractivity contribution in [3.63, 3.8) is 0 Å². The number of aryl methyl sites for hydroxylation is 1. The highest BCUT2D eigenvalue weighted by molar-refractivity contribution is 7.99. The molecule has 0 saturated carbocycles. The predicted molar refractivity (Wildman–Crippen MR) is 102 cm³/mol. The number of nitrogens with one attached hydrogen (secondary N) is 1. The van der Waals surface area contributed by atoms with Crippen LogP contribution in [-0.2, 0) is 16.1 Å². The Balaban J connectivity index is 1.56. The number of amides is 2. The molecule has 1 saturated heterocycles. The zero-order valence-electron chi connectivity index (χ0n) is 14.8. The fourth-order valence-electron chi connectivity index (χ4n) is 2.98. The van der Waals surface area contributed by atoms with Gasteiger partial charge in [0.2, 0.25) is 11.8 Å². The van der Waals surface area contributed by atoms with Gasteiger partial charge in [-0.15, -0.1) is 0 Å². The van der Waals surface area contributed by atoms with Crippen LogP contribution >= 0.6 is 11.8 Å². The summed E-state index contributed by atoms with van der Waals surface area (Å²) in [6.45, 7) is 2.87. The maximum absolute atomic E-state index is 12.5. The number of carbonyl (C=O) groups is 2. The second-order valence-corrected chi connectivity index (χ2v) is 7.62. The van der Waals surface area contributed by atoms with E-state index in [4.69, 9.17) is 0 Å². The number of anilines is 1. The molecule has 0 aliphatic carbocycles. The Hall–Kier alpha value is -2.41. The van der Waals surface area contributed by atoms with Crippen molar-refractivity contribution in [1.29, 1.82) is 0 Å². The van der Waals surface area contributed by atoms with Crippen LogP contribution in [0, 0.1) is 12.8 Å². The second kappa shape index (κ2) is 8.52. The van der Waals surface area contributed by atoms with E-state index in [-0.39, 0.29) is 18.2 Å². The minimum absolute atomic E-state index is 0.0422. The number of carbonyl (C=O) groups excluding carboxylic acids is 2. The van der Waals surface area contributed by atoms with Crippen LogP contribution in [0.2, 0.25) is 0 Å². The lowest BCUT2D eigenvalue weighted by Crippen LogP contribution is -2.28. The summed E-state index contributed by atoms with van der Waals surface area (Å²) in [6, 6.07) is 14.2. The molecule has 0 bridgehead atoms. The molecule has 2 aromatic carbocycles. The molecule has 0 unspecified atom stereocenters. The number of hydrogen-bond acceptors (Lipinski definition) is 3. The van der Waals surface area contributed by atoms with Gasteiger partial charge in [-0.05, 0) is 36.8 Å². The molecule has 7 heteroatoms. The van der Waals surface area contributed by atoms with Gasteiger partial charge in [-0.3, -0.25) is 9.59 Å². The van der Waals surface area contributed by atoms with Crippen molar-refractivity contribution in [3.05, 3.63) is 59.7 Å². The van der Waals surface area contributed by atoms with Crippen LogP contribution in [0.3, 0.4) is 0 Å². The fourth-order valence-corrected chi connectivity index (χ4v) is 3.48. The van der Waals surface area contributed by atoms with Crippen LogP contribution in [-0.4, -0.2) is 29.0 Å². The van der Waals surface area contributed by atoms with E-state index in [9.17, 15) is 18.4 Å². The Kier molecular flexibility index (Phi) is 6.11. The summed E-state index contributed by atoms with van der Waals surface area (Å²) in [5.74, 6) is -3.17. The lowest BCUT2D eigenvalue weighted by molar-refractivity contribution is -0.128. The van der Waals surface area contributed by atoms with Crippen molar-refractivity contribution in [2.24, 2.45) is 5.92 Å². The molecule has 27 heavy (non-hydrogen) atoms. The molecule has 1 aliphatic rings. The number of halogens is 2. The van der Waals surface area contributed by atoms with Crippen molar-refractivity contribution in [2.45, 2.75) is 30.5 Å². The van der Waals surface area contributed by atoms with Crippen LogP contribution in [0.4, 0.5) is 14.5 Å². The number of rotatable bonds is 6. The Morgan fingerprint density at radius 2 is 1.85 bits per heavy atom. The average molecular weight is 390 g/mol. The second-order valence-electron chi connectivity index (χ2n) is 6.55. The lowest BCUT2D eigenvalue weighted by atomic mass is 10.1. The highest BCUT2D eigenvalue weighted by Gasteiger charge is 2.34. The zero-order valence-corrected chi connectivity index (χ0v) is 15.6. The van der Waals surface area contributed by atoms with Crippen molar-refractivity contribution in [3.8, 4) is 0 Å². The Bertz CT molecular complexity index is 810. The summed E-state index contributed by atoms with van der Waals surface area (Å²) < 4.78 is 24.7. The number of thioether (sulfide) groups is 1. The van der Waals surface area contributed by atoms with Gasteiger partial charge in [0, 0.05) is 30.1 Å². The fraction of sp³-hybridized carbons (Fsp3) is 0.300. The standard InChI is InChI=1S/C20H20F2N2O2S/c1-13-2-4-14(5-3-13)11-24-12-15(10-18(24)25)19(26)23-16-6-8-17(9-7-16)27-20(21)22/h2-9,15,20H,10-12H2,1H3,(H,23,26)/t15-/m1/s1. The summed E-state index contributed by atoms with van der Waals surface area (Å²) in [6.07, 6.45) is 0.178. The van der Waals surface area contributed by atoms with E-state index in [1.165, 1.54) is 12.1 Å². The van der Waals surface area contributed by atoms with Gasteiger partial charge in [-0.25, -0.2) is 0 Å². The van der Waals surface area contributed by atoms with Crippen LogP contribution in [0.25, 0.3) is 0 Å². The van der Waals surface area contributed by atoms with Gasteiger partial charge < -0.3 is 10.2 Å². The third kappa shape index (κ3) is 5.29. The van der Waals surface area contributed by atoms with E-state index < -0.39 is 11.7 Å². The van der Waals surface area contributed by atoms with Crippen molar-refractivity contribution in [2.75, 3.05) is 11.9 Å². The third-order valence-electron chi connectivity index (χ3n) is 4.43. The molecule has 1 aliphatic heterocycles. The maximum Gasteiger partial charge on any atom is 0.288 e. The average Bonchev–Trinajstić information content (AvgIpc) is 2.99. The Morgan fingerprint density at radius 3 is 2.48 bits per heavy atom. The first kappa shape index (κ1) is 19.4. The molecule has 1 N–H and O–H groups in total. The van der Waals surface area contributed by atoms with Crippen molar-refractivity contribution < 1.29 is 18.4 Å². The molecule has 2 amide bonds. The predicted octanol–water partition coefficient (Wildman–Crippen LogP) is 4.30. The quantitative estimate of drug-likeness (QED) is 0.749. The Morgan fingerprint density at radius 1 is 1.19 bits per heavy atom. The van der Waals surface area contributed by atoms with Crippen molar-refractivity contribution in [1.82, 2.24) is 4.90 Å². The van der Waals surface area contributed by atoms with E-state index >= 15 is 0 Å². The van der Waals surface area contributed by atoms with Gasteiger partial charge in [-0.2, -0.15) is 8.78 Å². The first-order valence-electron chi connectivity index (χ1n) is 8.60. The highest BCUT2D eigenvalue weighted by Crippen LogP contribution is 2.27. The summed E-state index contributed by atoms with van der Waals surface area (Å²) >= 11 is 0.456. The molecule has 2 aromatic rings. The van der Waals surface area contributed by atoms with Crippen LogP contribution in [0.15, 0.2) is 53.4 Å². The zero-order chi connectivity index (χ0) is 19.4. The number of alkyl halides is 2. The minimum Gasteiger partial charge on any atom is -0.338 e. The minimum atomic E-state index is -2.48. The summed E-state index contributed by atoms with van der Waals surface area (Å²) in [5.41, 5.74) is 2.71. The first-order valence-corrected chi connectivity index (χ1v) is 9.48. The van der Waals surface area contributed by atoms with Gasteiger partial charge in [0.25, 0.3) is 5.76 Å².